The van der Waals surface area contributed by atoms with E-state index in [1.54, 1.807) is 19.9 Å². The molecule has 3 N–H and O–H groups in total. The number of sulfonamides is 1. The summed E-state index contributed by atoms with van der Waals surface area (Å²) in [5, 5.41) is 15.5. The number of anilines is 1. The van der Waals surface area contributed by atoms with Crippen LogP contribution in [0.15, 0.2) is 29.2 Å². The SMILES string of the molecule is Cc1n[nH]c(C)c1S(=O)(=O)Nc1ccccc1C(=O)O. The van der Waals surface area contributed by atoms with E-state index in [-0.39, 0.29) is 16.1 Å². The monoisotopic (exact) mass is 295 g/mol. The fraction of sp³-hybridized carbons (Fsp3) is 0.167. The van der Waals surface area contributed by atoms with Crippen LogP contribution in [0.1, 0.15) is 21.7 Å². The first-order chi connectivity index (χ1) is 9.33. The van der Waals surface area contributed by atoms with Gasteiger partial charge in [0.1, 0.15) is 4.90 Å². The van der Waals surface area contributed by atoms with E-state index in [0.29, 0.717) is 11.4 Å². The quantitative estimate of drug-likeness (QED) is 0.791. The predicted octanol–water partition coefficient (Wildman–Crippen LogP) is 1.53. The summed E-state index contributed by atoms with van der Waals surface area (Å²) >= 11 is 0. The number of nitrogens with one attached hydrogen (secondary N) is 2. The maximum Gasteiger partial charge on any atom is 0.337 e. The molecule has 2 rings (SSSR count). The summed E-state index contributed by atoms with van der Waals surface area (Å²) in [7, 11) is -3.89. The number of H-pyrrole nitrogens is 1. The molecule has 0 spiro atoms. The largest absolute Gasteiger partial charge is 0.478 e. The molecule has 106 valence electrons. The minimum absolute atomic E-state index is 0.0139. The second kappa shape index (κ2) is 4.97. The first-order valence-electron chi connectivity index (χ1n) is 5.69. The summed E-state index contributed by atoms with van der Waals surface area (Å²) < 4.78 is 26.9. The van der Waals surface area contributed by atoms with Gasteiger partial charge in [-0.3, -0.25) is 9.82 Å². The number of carboxylic acid groups (broad SMARTS) is 1. The molecule has 0 aliphatic rings. The summed E-state index contributed by atoms with van der Waals surface area (Å²) in [4.78, 5) is 11.1. The van der Waals surface area contributed by atoms with Crippen molar-refractivity contribution in [3.05, 3.63) is 41.2 Å². The molecule has 0 unspecified atom stereocenters. The van der Waals surface area contributed by atoms with Crippen LogP contribution in [0.3, 0.4) is 0 Å². The van der Waals surface area contributed by atoms with Crippen molar-refractivity contribution in [2.24, 2.45) is 0 Å². The van der Waals surface area contributed by atoms with E-state index in [0.717, 1.165) is 0 Å². The zero-order valence-electron chi connectivity index (χ0n) is 10.8. The number of aryl methyl sites for hydroxylation is 2. The molecule has 0 saturated heterocycles. The number of hydrogen-bond acceptors (Lipinski definition) is 4. The minimum atomic E-state index is -3.89. The summed E-state index contributed by atoms with van der Waals surface area (Å²) in [6, 6.07) is 5.80. The number of rotatable bonds is 4. The van der Waals surface area contributed by atoms with E-state index < -0.39 is 16.0 Å². The Balaban J connectivity index is 2.47. The van der Waals surface area contributed by atoms with Gasteiger partial charge in [-0.2, -0.15) is 5.10 Å². The molecular weight excluding hydrogens is 282 g/mol. The van der Waals surface area contributed by atoms with E-state index >= 15 is 0 Å². The first-order valence-corrected chi connectivity index (χ1v) is 7.18. The first kappa shape index (κ1) is 14.1. The second-order valence-corrected chi connectivity index (χ2v) is 5.84. The van der Waals surface area contributed by atoms with Gasteiger partial charge in [-0.25, -0.2) is 13.2 Å². The van der Waals surface area contributed by atoms with Gasteiger partial charge in [-0.1, -0.05) is 12.1 Å². The van der Waals surface area contributed by atoms with Gasteiger partial charge in [0.2, 0.25) is 0 Å². The molecule has 0 radical (unpaired) electrons. The van der Waals surface area contributed by atoms with Crippen LogP contribution in [0.25, 0.3) is 0 Å². The topological polar surface area (TPSA) is 112 Å². The van der Waals surface area contributed by atoms with Gasteiger partial charge in [0.15, 0.2) is 0 Å². The average Bonchev–Trinajstić information content (AvgIpc) is 2.69. The van der Waals surface area contributed by atoms with Crippen LogP contribution >= 0.6 is 0 Å². The molecule has 0 aliphatic heterocycles. The number of carbonyl (C=O) groups is 1. The maximum absolute atomic E-state index is 12.3. The lowest BCUT2D eigenvalue weighted by Gasteiger charge is -2.10. The highest BCUT2D eigenvalue weighted by Gasteiger charge is 2.24. The van der Waals surface area contributed by atoms with Crippen LogP contribution in [0, 0.1) is 13.8 Å². The Morgan fingerprint density at radius 3 is 2.50 bits per heavy atom. The van der Waals surface area contributed by atoms with E-state index in [1.165, 1.54) is 18.2 Å². The minimum Gasteiger partial charge on any atom is -0.478 e. The molecule has 2 aromatic rings. The third-order valence-corrected chi connectivity index (χ3v) is 4.36. The van der Waals surface area contributed by atoms with E-state index in [1.807, 2.05) is 0 Å². The van der Waals surface area contributed by atoms with Crippen molar-refractivity contribution in [3.63, 3.8) is 0 Å². The van der Waals surface area contributed by atoms with E-state index in [4.69, 9.17) is 5.11 Å². The van der Waals surface area contributed by atoms with Crippen LogP contribution in [0.4, 0.5) is 5.69 Å². The molecule has 1 aromatic carbocycles. The standard InChI is InChI=1S/C12H13N3O4S/c1-7-11(8(2)14-13-7)20(18,19)15-10-6-4-3-5-9(10)12(16)17/h3-6,15H,1-2H3,(H,13,14)(H,16,17). The van der Waals surface area contributed by atoms with Crippen LogP contribution in [0.5, 0.6) is 0 Å². The van der Waals surface area contributed by atoms with Crippen molar-refractivity contribution in [1.82, 2.24) is 10.2 Å². The predicted molar refractivity (Wildman–Crippen MR) is 72.3 cm³/mol. The molecule has 0 bridgehead atoms. The number of hydrogen-bond donors (Lipinski definition) is 3. The molecule has 0 aliphatic carbocycles. The van der Waals surface area contributed by atoms with E-state index in [9.17, 15) is 13.2 Å². The van der Waals surface area contributed by atoms with Crippen LogP contribution < -0.4 is 4.72 Å². The van der Waals surface area contributed by atoms with Crippen molar-refractivity contribution in [2.75, 3.05) is 4.72 Å². The molecule has 1 aromatic heterocycles. The molecule has 1 heterocycles. The van der Waals surface area contributed by atoms with E-state index in [2.05, 4.69) is 14.9 Å². The third kappa shape index (κ3) is 2.50. The van der Waals surface area contributed by atoms with Crippen molar-refractivity contribution in [1.29, 1.82) is 0 Å². The number of aromatic amines is 1. The van der Waals surface area contributed by atoms with Gasteiger partial charge in [0.05, 0.1) is 22.6 Å². The molecule has 0 fully saturated rings. The fourth-order valence-corrected chi connectivity index (χ4v) is 3.34. The Labute approximate surface area is 115 Å². The second-order valence-electron chi connectivity index (χ2n) is 4.22. The number of aromatic carboxylic acids is 1. The van der Waals surface area contributed by atoms with Crippen molar-refractivity contribution in [3.8, 4) is 0 Å². The zero-order chi connectivity index (χ0) is 14.9. The molecule has 0 atom stereocenters. The molecule has 7 nitrogen and oxygen atoms in total. The normalized spacial score (nSPS) is 11.3. The Kier molecular flexibility index (Phi) is 3.49. The molecule has 0 amide bonds. The number of benzene rings is 1. The highest BCUT2D eigenvalue weighted by Crippen LogP contribution is 2.23. The van der Waals surface area contributed by atoms with Gasteiger partial charge >= 0.3 is 5.97 Å². The number of aromatic nitrogens is 2. The van der Waals surface area contributed by atoms with Crippen LogP contribution in [-0.2, 0) is 10.0 Å². The summed E-state index contributed by atoms with van der Waals surface area (Å²) in [5.74, 6) is -1.20. The lowest BCUT2D eigenvalue weighted by molar-refractivity contribution is 0.0698. The lowest BCUT2D eigenvalue weighted by Crippen LogP contribution is -2.16. The zero-order valence-corrected chi connectivity index (χ0v) is 11.7. The number of nitrogens with zero attached hydrogens (tertiary/aromatic N) is 1. The number of carboxylic acids is 1. The Hall–Kier alpha value is -2.35. The van der Waals surface area contributed by atoms with Crippen molar-refractivity contribution in [2.45, 2.75) is 18.7 Å². The Morgan fingerprint density at radius 1 is 1.30 bits per heavy atom. The average molecular weight is 295 g/mol. The van der Waals surface area contributed by atoms with Gasteiger partial charge < -0.3 is 5.11 Å². The van der Waals surface area contributed by atoms with Gasteiger partial charge in [-0.15, -0.1) is 0 Å². The molecule has 0 saturated carbocycles. The maximum atomic E-state index is 12.3. The third-order valence-electron chi connectivity index (χ3n) is 2.73. The van der Waals surface area contributed by atoms with Crippen LogP contribution in [-0.4, -0.2) is 29.7 Å². The summed E-state index contributed by atoms with van der Waals surface area (Å²) in [6.07, 6.45) is 0. The number of para-hydroxylation sites is 1. The van der Waals surface area contributed by atoms with Crippen molar-refractivity contribution >= 4 is 21.7 Å². The highest BCUT2D eigenvalue weighted by molar-refractivity contribution is 7.92. The van der Waals surface area contributed by atoms with Crippen molar-refractivity contribution < 1.29 is 18.3 Å². The van der Waals surface area contributed by atoms with Gasteiger partial charge in [0.25, 0.3) is 10.0 Å². The highest BCUT2D eigenvalue weighted by atomic mass is 32.2. The molecule has 20 heavy (non-hydrogen) atoms. The van der Waals surface area contributed by atoms with Gasteiger partial charge in [0, 0.05) is 0 Å². The summed E-state index contributed by atoms with van der Waals surface area (Å²) in [5.41, 5.74) is 0.612. The smallest absolute Gasteiger partial charge is 0.337 e. The van der Waals surface area contributed by atoms with Crippen LogP contribution in [0.2, 0.25) is 0 Å². The Morgan fingerprint density at radius 2 is 1.95 bits per heavy atom. The Bertz CT molecular complexity index is 745. The summed E-state index contributed by atoms with van der Waals surface area (Å²) in [6.45, 7) is 3.14. The fourth-order valence-electron chi connectivity index (χ4n) is 1.89. The van der Waals surface area contributed by atoms with Gasteiger partial charge in [-0.05, 0) is 26.0 Å². The molecule has 8 heteroatoms. The molecular formula is C12H13N3O4S. The lowest BCUT2D eigenvalue weighted by atomic mass is 10.2.